The highest BCUT2D eigenvalue weighted by atomic mass is 79.9. The van der Waals surface area contributed by atoms with E-state index < -0.39 is 11.2 Å². The highest BCUT2D eigenvalue weighted by Gasteiger charge is 2.07. The van der Waals surface area contributed by atoms with Crippen LogP contribution in [-0.4, -0.2) is 14.5 Å². The second-order valence-corrected chi connectivity index (χ2v) is 5.05. The zero-order valence-corrected chi connectivity index (χ0v) is 11.9. The molecule has 0 radical (unpaired) electrons. The van der Waals surface area contributed by atoms with Gasteiger partial charge in [-0.2, -0.15) is 0 Å². The van der Waals surface area contributed by atoms with Crippen LogP contribution in [0.4, 0.5) is 0 Å². The normalized spacial score (nSPS) is 10.6. The Labute approximate surface area is 120 Å². The molecule has 0 saturated heterocycles. The van der Waals surface area contributed by atoms with Crippen molar-refractivity contribution in [2.75, 3.05) is 0 Å². The molecule has 2 aromatic heterocycles. The van der Waals surface area contributed by atoms with Crippen LogP contribution in [0.1, 0.15) is 5.56 Å². The Morgan fingerprint density at radius 1 is 1.33 bits per heavy atom. The third-order valence-electron chi connectivity index (χ3n) is 2.20. The standard InChI is InChI=1S/C10H6BrCl2N3O2/c11-6-4-16(10(18)15-9(6)17)3-5-1-2-7(12)14-8(5)13/h1-2,4H,3H2,(H,15,17,18). The maximum absolute atomic E-state index is 11.6. The van der Waals surface area contributed by atoms with Crippen LogP contribution >= 0.6 is 39.1 Å². The Balaban J connectivity index is 2.43. The van der Waals surface area contributed by atoms with E-state index in [-0.39, 0.29) is 21.3 Å². The lowest BCUT2D eigenvalue weighted by Gasteiger charge is -2.07. The minimum Gasteiger partial charge on any atom is -0.295 e. The molecule has 0 aliphatic rings. The summed E-state index contributed by atoms with van der Waals surface area (Å²) in [4.78, 5) is 28.8. The molecule has 0 aliphatic carbocycles. The van der Waals surface area contributed by atoms with Gasteiger partial charge in [-0.05, 0) is 22.0 Å². The highest BCUT2D eigenvalue weighted by Crippen LogP contribution is 2.17. The lowest BCUT2D eigenvalue weighted by molar-refractivity contribution is 0.714. The molecule has 0 aromatic carbocycles. The van der Waals surface area contributed by atoms with Gasteiger partial charge in [-0.3, -0.25) is 14.3 Å². The first kappa shape index (κ1) is 13.3. The molecule has 1 N–H and O–H groups in total. The van der Waals surface area contributed by atoms with Gasteiger partial charge >= 0.3 is 5.69 Å². The van der Waals surface area contributed by atoms with Crippen LogP contribution in [0.15, 0.2) is 32.4 Å². The number of H-pyrrole nitrogens is 1. The van der Waals surface area contributed by atoms with E-state index in [4.69, 9.17) is 23.2 Å². The Morgan fingerprint density at radius 3 is 2.72 bits per heavy atom. The summed E-state index contributed by atoms with van der Waals surface area (Å²) in [7, 11) is 0. The number of aromatic nitrogens is 3. The van der Waals surface area contributed by atoms with Crippen molar-refractivity contribution >= 4 is 39.1 Å². The smallest absolute Gasteiger partial charge is 0.295 e. The molecule has 0 fully saturated rings. The first-order chi connectivity index (χ1) is 8.47. The minimum atomic E-state index is -0.519. The molecule has 0 atom stereocenters. The van der Waals surface area contributed by atoms with Crippen molar-refractivity contribution in [3.63, 3.8) is 0 Å². The van der Waals surface area contributed by atoms with Gasteiger partial charge in [0.05, 0.1) is 11.0 Å². The van der Waals surface area contributed by atoms with Crippen LogP contribution in [0.3, 0.4) is 0 Å². The number of pyridine rings is 1. The van der Waals surface area contributed by atoms with Crippen LogP contribution in [0.2, 0.25) is 10.3 Å². The van der Waals surface area contributed by atoms with E-state index in [1.54, 1.807) is 12.1 Å². The average Bonchev–Trinajstić information content (AvgIpc) is 2.29. The van der Waals surface area contributed by atoms with E-state index in [1.807, 2.05) is 0 Å². The Hall–Kier alpha value is -1.11. The zero-order chi connectivity index (χ0) is 13.3. The summed E-state index contributed by atoms with van der Waals surface area (Å²) < 4.78 is 1.57. The van der Waals surface area contributed by atoms with Crippen LogP contribution in [0, 0.1) is 0 Å². The molecular weight excluding hydrogens is 345 g/mol. The van der Waals surface area contributed by atoms with Crippen molar-refractivity contribution in [2.45, 2.75) is 6.54 Å². The zero-order valence-electron chi connectivity index (χ0n) is 8.78. The van der Waals surface area contributed by atoms with Crippen LogP contribution in [0.5, 0.6) is 0 Å². The van der Waals surface area contributed by atoms with Gasteiger partial charge < -0.3 is 0 Å². The van der Waals surface area contributed by atoms with Gasteiger partial charge in [0.1, 0.15) is 10.3 Å². The maximum Gasteiger partial charge on any atom is 0.328 e. The molecule has 18 heavy (non-hydrogen) atoms. The molecule has 2 rings (SSSR count). The van der Waals surface area contributed by atoms with Gasteiger partial charge in [0.25, 0.3) is 5.56 Å². The molecule has 94 valence electrons. The number of hydrogen-bond donors (Lipinski definition) is 1. The van der Waals surface area contributed by atoms with Crippen molar-refractivity contribution in [1.82, 2.24) is 14.5 Å². The van der Waals surface area contributed by atoms with Gasteiger partial charge in [-0.15, -0.1) is 0 Å². The number of halogens is 3. The summed E-state index contributed by atoms with van der Waals surface area (Å²) in [5.41, 5.74) is -0.368. The number of nitrogens with zero attached hydrogens (tertiary/aromatic N) is 2. The molecule has 0 spiro atoms. The predicted molar refractivity (Wildman–Crippen MR) is 72.4 cm³/mol. The van der Waals surface area contributed by atoms with Crippen molar-refractivity contribution in [3.05, 3.63) is 59.5 Å². The summed E-state index contributed by atoms with van der Waals surface area (Å²) in [5, 5.41) is 0.496. The van der Waals surface area contributed by atoms with Crippen LogP contribution < -0.4 is 11.2 Å². The SMILES string of the molecule is O=c1[nH]c(=O)n(Cc2ccc(Cl)nc2Cl)cc1Br. The Bertz CT molecular complexity index is 711. The lowest BCUT2D eigenvalue weighted by atomic mass is 10.3. The second kappa shape index (κ2) is 5.26. The summed E-state index contributed by atoms with van der Waals surface area (Å²) in [5.74, 6) is 0. The lowest BCUT2D eigenvalue weighted by Crippen LogP contribution is -2.30. The van der Waals surface area contributed by atoms with Gasteiger partial charge in [-0.1, -0.05) is 29.3 Å². The number of hydrogen-bond acceptors (Lipinski definition) is 3. The summed E-state index contributed by atoms with van der Waals surface area (Å²) >= 11 is 14.6. The molecule has 2 aromatic rings. The Kier molecular flexibility index (Phi) is 3.89. The fourth-order valence-corrected chi connectivity index (χ4v) is 2.09. The minimum absolute atomic E-state index is 0.192. The molecule has 0 unspecified atom stereocenters. The van der Waals surface area contributed by atoms with E-state index in [2.05, 4.69) is 25.9 Å². The maximum atomic E-state index is 11.6. The molecule has 2 heterocycles. The van der Waals surface area contributed by atoms with E-state index in [1.165, 1.54) is 10.8 Å². The molecule has 0 aliphatic heterocycles. The second-order valence-electron chi connectivity index (χ2n) is 3.45. The third-order valence-corrected chi connectivity index (χ3v) is 3.30. The topological polar surface area (TPSA) is 67.8 Å². The molecule has 0 amide bonds. The van der Waals surface area contributed by atoms with Crippen LogP contribution in [-0.2, 0) is 6.54 Å². The summed E-state index contributed by atoms with van der Waals surface area (Å²) in [6.45, 7) is 0.192. The third kappa shape index (κ3) is 2.82. The molecule has 0 bridgehead atoms. The van der Waals surface area contributed by atoms with Crippen LogP contribution in [0.25, 0.3) is 0 Å². The number of rotatable bonds is 2. The molecular formula is C10H6BrCl2N3O2. The molecule has 0 saturated carbocycles. The van der Waals surface area contributed by atoms with E-state index in [9.17, 15) is 9.59 Å². The van der Waals surface area contributed by atoms with Gasteiger partial charge in [0.15, 0.2) is 0 Å². The van der Waals surface area contributed by atoms with Gasteiger partial charge in [-0.25, -0.2) is 9.78 Å². The summed E-state index contributed by atoms with van der Waals surface area (Å²) in [6.07, 6.45) is 1.39. The van der Waals surface area contributed by atoms with E-state index >= 15 is 0 Å². The molecule has 5 nitrogen and oxygen atoms in total. The largest absolute Gasteiger partial charge is 0.328 e. The Morgan fingerprint density at radius 2 is 2.06 bits per heavy atom. The summed E-state index contributed by atoms with van der Waals surface area (Å²) in [6, 6.07) is 3.25. The van der Waals surface area contributed by atoms with Crippen molar-refractivity contribution < 1.29 is 0 Å². The van der Waals surface area contributed by atoms with Gasteiger partial charge in [0, 0.05) is 11.8 Å². The van der Waals surface area contributed by atoms with E-state index in [0.717, 1.165) is 0 Å². The fourth-order valence-electron chi connectivity index (χ4n) is 1.34. The average molecular weight is 351 g/mol. The highest BCUT2D eigenvalue weighted by molar-refractivity contribution is 9.10. The van der Waals surface area contributed by atoms with Crippen molar-refractivity contribution in [3.8, 4) is 0 Å². The monoisotopic (exact) mass is 349 g/mol. The molecule has 8 heteroatoms. The van der Waals surface area contributed by atoms with Crippen molar-refractivity contribution in [1.29, 1.82) is 0 Å². The number of aromatic amines is 1. The first-order valence-corrected chi connectivity index (χ1v) is 6.32. The van der Waals surface area contributed by atoms with Crippen molar-refractivity contribution in [2.24, 2.45) is 0 Å². The van der Waals surface area contributed by atoms with E-state index in [0.29, 0.717) is 5.56 Å². The first-order valence-electron chi connectivity index (χ1n) is 4.77. The quantitative estimate of drug-likeness (QED) is 0.843. The number of nitrogens with one attached hydrogen (secondary N) is 1. The fraction of sp³-hybridized carbons (Fsp3) is 0.100. The predicted octanol–water partition coefficient (Wildman–Crippen LogP) is 2.05. The van der Waals surface area contributed by atoms with Gasteiger partial charge in [0.2, 0.25) is 0 Å².